The van der Waals surface area contributed by atoms with E-state index in [1.165, 1.54) is 0 Å². The second-order valence-electron chi connectivity index (χ2n) is 7.27. The van der Waals surface area contributed by atoms with E-state index < -0.39 is 16.9 Å². The summed E-state index contributed by atoms with van der Waals surface area (Å²) in [4.78, 5) is 31.4. The summed E-state index contributed by atoms with van der Waals surface area (Å²) in [6, 6.07) is -0.258. The number of nitrogens with one attached hydrogen (secondary N) is 1. The summed E-state index contributed by atoms with van der Waals surface area (Å²) >= 11 is 5.87. The molecule has 164 valence electrons. The Morgan fingerprint density at radius 2 is 2.13 bits per heavy atom. The summed E-state index contributed by atoms with van der Waals surface area (Å²) in [7, 11) is -1.16. The Kier molecular flexibility index (Phi) is 6.33. The van der Waals surface area contributed by atoms with Crippen molar-refractivity contribution in [2.24, 2.45) is 5.73 Å². The Morgan fingerprint density at radius 1 is 1.35 bits per heavy atom. The molecule has 0 aliphatic carbocycles. The molecule has 2 aromatic heterocycles. The highest BCUT2D eigenvalue weighted by Crippen LogP contribution is 2.31. The van der Waals surface area contributed by atoms with Gasteiger partial charge >= 0.3 is 6.09 Å². The second-order valence-corrected chi connectivity index (χ2v) is 9.22. The van der Waals surface area contributed by atoms with Crippen molar-refractivity contribution in [3.05, 3.63) is 35.0 Å². The van der Waals surface area contributed by atoms with Gasteiger partial charge in [0.2, 0.25) is 5.95 Å². The molecule has 2 atom stereocenters. The number of nitrogens with two attached hydrogens (primary N) is 1. The number of anilines is 2. The number of aromatic nitrogens is 4. The molecule has 2 aromatic rings. The van der Waals surface area contributed by atoms with Crippen molar-refractivity contribution in [3.8, 4) is 0 Å². The number of amides is 1. The van der Waals surface area contributed by atoms with Crippen LogP contribution in [0.4, 0.5) is 16.6 Å². The van der Waals surface area contributed by atoms with Gasteiger partial charge in [0, 0.05) is 37.7 Å². The van der Waals surface area contributed by atoms with Crippen LogP contribution in [0.3, 0.4) is 0 Å². The van der Waals surface area contributed by atoms with E-state index in [0.29, 0.717) is 52.8 Å². The summed E-state index contributed by atoms with van der Waals surface area (Å²) in [6.45, 7) is 3.20. The molecule has 0 aromatic carbocycles. The van der Waals surface area contributed by atoms with Gasteiger partial charge in [-0.3, -0.25) is 4.21 Å². The van der Waals surface area contributed by atoms with E-state index in [1.54, 1.807) is 12.4 Å². The zero-order valence-corrected chi connectivity index (χ0v) is 18.4. The van der Waals surface area contributed by atoms with Gasteiger partial charge in [0.05, 0.1) is 27.6 Å². The maximum atomic E-state index is 12.5. The van der Waals surface area contributed by atoms with E-state index in [9.17, 15) is 9.00 Å². The molecule has 0 spiro atoms. The van der Waals surface area contributed by atoms with Crippen LogP contribution in [0.5, 0.6) is 0 Å². The molecular formula is C19H22ClN7O3S. The molecule has 0 fully saturated rings. The van der Waals surface area contributed by atoms with Crippen LogP contribution in [0.2, 0.25) is 5.02 Å². The number of hydrogen-bond acceptors (Lipinski definition) is 9. The number of ether oxygens (including phenoxy) is 1. The SMILES string of the molecule is C[C@H](COC(N)=O)Nc1nc(N2CC=C(c3ncc(Cl)cn3)CC2)nc2c1[S@@](=O)CC2. The third kappa shape index (κ3) is 4.93. The van der Waals surface area contributed by atoms with Gasteiger partial charge < -0.3 is 20.7 Å². The molecule has 0 unspecified atom stereocenters. The van der Waals surface area contributed by atoms with Crippen molar-refractivity contribution in [3.63, 3.8) is 0 Å². The Bertz CT molecular complexity index is 1050. The highest BCUT2D eigenvalue weighted by atomic mass is 35.5. The van der Waals surface area contributed by atoms with Gasteiger partial charge in [-0.05, 0) is 18.9 Å². The lowest BCUT2D eigenvalue weighted by atomic mass is 10.1. The highest BCUT2D eigenvalue weighted by molar-refractivity contribution is 7.85. The molecule has 2 aliphatic rings. The van der Waals surface area contributed by atoms with Gasteiger partial charge in [-0.25, -0.2) is 19.7 Å². The number of carbonyl (C=O) groups is 1. The maximum Gasteiger partial charge on any atom is 0.404 e. The van der Waals surface area contributed by atoms with E-state index in [4.69, 9.17) is 22.1 Å². The van der Waals surface area contributed by atoms with E-state index in [1.807, 2.05) is 6.92 Å². The van der Waals surface area contributed by atoms with Crippen LogP contribution in [0.15, 0.2) is 23.4 Å². The fourth-order valence-corrected chi connectivity index (χ4v) is 4.85. The van der Waals surface area contributed by atoms with Crippen molar-refractivity contribution in [1.29, 1.82) is 0 Å². The largest absolute Gasteiger partial charge is 0.448 e. The van der Waals surface area contributed by atoms with E-state index in [0.717, 1.165) is 17.7 Å². The fourth-order valence-electron chi connectivity index (χ4n) is 3.44. The topological polar surface area (TPSA) is 136 Å². The minimum atomic E-state index is -1.16. The highest BCUT2D eigenvalue weighted by Gasteiger charge is 2.28. The molecule has 2 aliphatic heterocycles. The number of nitrogens with zero attached hydrogens (tertiary/aromatic N) is 5. The lowest BCUT2D eigenvalue weighted by Gasteiger charge is -2.27. The van der Waals surface area contributed by atoms with Crippen LogP contribution in [0.25, 0.3) is 5.57 Å². The quantitative estimate of drug-likeness (QED) is 0.656. The second kappa shape index (κ2) is 9.15. The van der Waals surface area contributed by atoms with Crippen molar-refractivity contribution in [2.45, 2.75) is 30.7 Å². The normalized spacial score (nSPS) is 18.8. The van der Waals surface area contributed by atoms with Gasteiger partial charge in [-0.15, -0.1) is 0 Å². The Hall–Kier alpha value is -2.79. The first-order chi connectivity index (χ1) is 14.9. The third-order valence-corrected chi connectivity index (χ3v) is 6.59. The summed E-state index contributed by atoms with van der Waals surface area (Å²) in [5.74, 6) is 2.26. The molecular weight excluding hydrogens is 442 g/mol. The zero-order valence-electron chi connectivity index (χ0n) is 16.9. The van der Waals surface area contributed by atoms with Gasteiger partial charge in [-0.1, -0.05) is 17.7 Å². The Morgan fingerprint density at radius 3 is 2.81 bits per heavy atom. The summed E-state index contributed by atoms with van der Waals surface area (Å²) in [6.07, 6.45) is 5.75. The number of halogens is 1. The van der Waals surface area contributed by atoms with Gasteiger partial charge in [0.1, 0.15) is 17.3 Å². The molecule has 0 saturated carbocycles. The van der Waals surface area contributed by atoms with Crippen molar-refractivity contribution in [1.82, 2.24) is 19.9 Å². The molecule has 3 N–H and O–H groups in total. The van der Waals surface area contributed by atoms with Gasteiger partial charge in [0.15, 0.2) is 5.82 Å². The Balaban J connectivity index is 1.54. The zero-order chi connectivity index (χ0) is 22.0. The Labute approximate surface area is 186 Å². The lowest BCUT2D eigenvalue weighted by Crippen LogP contribution is -2.31. The average Bonchev–Trinajstić information content (AvgIpc) is 3.14. The van der Waals surface area contributed by atoms with E-state index in [2.05, 4.69) is 36.2 Å². The van der Waals surface area contributed by atoms with Gasteiger partial charge in [-0.2, -0.15) is 4.98 Å². The maximum absolute atomic E-state index is 12.5. The van der Waals surface area contributed by atoms with Crippen LogP contribution >= 0.6 is 11.6 Å². The molecule has 0 bridgehead atoms. The smallest absolute Gasteiger partial charge is 0.404 e. The predicted octanol–water partition coefficient (Wildman–Crippen LogP) is 1.77. The van der Waals surface area contributed by atoms with Crippen LogP contribution in [-0.4, -0.2) is 61.7 Å². The average molecular weight is 464 g/mol. The number of fused-ring (bicyclic) bond motifs is 1. The lowest BCUT2D eigenvalue weighted by molar-refractivity contribution is 0.153. The fraction of sp³-hybridized carbons (Fsp3) is 0.421. The molecule has 0 radical (unpaired) electrons. The first kappa shape index (κ1) is 21.4. The molecule has 4 rings (SSSR count). The molecule has 10 nitrogen and oxygen atoms in total. The third-order valence-electron chi connectivity index (χ3n) is 4.93. The number of rotatable bonds is 6. The van der Waals surface area contributed by atoms with Crippen molar-refractivity contribution < 1.29 is 13.7 Å². The monoisotopic (exact) mass is 463 g/mol. The minimum absolute atomic E-state index is 0.0764. The van der Waals surface area contributed by atoms with Crippen LogP contribution in [-0.2, 0) is 22.0 Å². The standard InChI is InChI=1S/C19H22ClN7O3S/c1-11(10-30-18(21)28)24-17-15-14(4-7-31(15)29)25-19(26-17)27-5-2-12(3-6-27)16-22-8-13(20)9-23-16/h2,8-9,11H,3-7,10H2,1H3,(H2,21,28)(H,24,25,26)/t11-,31+/m1/s1. The van der Waals surface area contributed by atoms with Gasteiger partial charge in [0.25, 0.3) is 0 Å². The molecule has 0 saturated heterocycles. The van der Waals surface area contributed by atoms with E-state index >= 15 is 0 Å². The summed E-state index contributed by atoms with van der Waals surface area (Å²) < 4.78 is 17.3. The van der Waals surface area contributed by atoms with Crippen LogP contribution < -0.4 is 16.0 Å². The molecule has 12 heteroatoms. The number of hydrogen-bond donors (Lipinski definition) is 2. The van der Waals surface area contributed by atoms with Crippen LogP contribution in [0, 0.1) is 0 Å². The van der Waals surface area contributed by atoms with Crippen molar-refractivity contribution >= 4 is 45.8 Å². The molecule has 4 heterocycles. The first-order valence-corrected chi connectivity index (χ1v) is 11.5. The molecule has 31 heavy (non-hydrogen) atoms. The summed E-state index contributed by atoms with van der Waals surface area (Å²) in [5.41, 5.74) is 6.87. The number of carbonyl (C=O) groups excluding carboxylic acids is 1. The number of primary amides is 1. The predicted molar refractivity (Wildman–Crippen MR) is 117 cm³/mol. The first-order valence-electron chi connectivity index (χ1n) is 9.80. The minimum Gasteiger partial charge on any atom is -0.448 e. The number of aryl methyl sites for hydroxylation is 1. The summed E-state index contributed by atoms with van der Waals surface area (Å²) in [5, 5.41) is 3.70. The van der Waals surface area contributed by atoms with Crippen molar-refractivity contribution in [2.75, 3.05) is 35.7 Å². The van der Waals surface area contributed by atoms with E-state index in [-0.39, 0.29) is 12.6 Å². The van der Waals surface area contributed by atoms with Crippen LogP contribution in [0.1, 0.15) is 24.9 Å². The molecule has 1 amide bonds.